The Morgan fingerprint density at radius 3 is 2.70 bits per heavy atom. The molecule has 2 aromatic rings. The molecule has 2 aromatic heterocycles. The lowest BCUT2D eigenvalue weighted by Gasteiger charge is -2.07. The van der Waals surface area contributed by atoms with Crippen molar-refractivity contribution in [2.24, 2.45) is 5.73 Å². The predicted octanol–water partition coefficient (Wildman–Crippen LogP) is 3.19. The maximum Gasteiger partial charge on any atom is 0.158 e. The summed E-state index contributed by atoms with van der Waals surface area (Å²) >= 11 is 0. The molecule has 0 aliphatic heterocycles. The van der Waals surface area contributed by atoms with E-state index in [2.05, 4.69) is 14.5 Å². The van der Waals surface area contributed by atoms with Crippen LogP contribution in [0.5, 0.6) is 0 Å². The molecule has 4 nitrogen and oxygen atoms in total. The number of imidazole rings is 1. The Balaban J connectivity index is 0.00000200. The van der Waals surface area contributed by atoms with Gasteiger partial charge in [-0.1, -0.05) is 18.9 Å². The van der Waals surface area contributed by atoms with E-state index in [1.807, 2.05) is 37.5 Å². The van der Waals surface area contributed by atoms with Crippen LogP contribution in [0.3, 0.4) is 0 Å². The van der Waals surface area contributed by atoms with Gasteiger partial charge in [0.25, 0.3) is 0 Å². The highest BCUT2D eigenvalue weighted by atomic mass is 35.5. The van der Waals surface area contributed by atoms with Crippen LogP contribution >= 0.6 is 12.4 Å². The molecule has 0 radical (unpaired) electrons. The molecule has 0 fully saturated rings. The van der Waals surface area contributed by atoms with Crippen molar-refractivity contribution < 1.29 is 0 Å². The molecular weight excluding hydrogens is 272 g/mol. The number of nitrogens with zero attached hydrogens (tertiary/aromatic N) is 3. The molecule has 0 saturated carbocycles. The zero-order valence-corrected chi connectivity index (χ0v) is 12.8. The van der Waals surface area contributed by atoms with Gasteiger partial charge in [0.1, 0.15) is 5.69 Å². The zero-order valence-electron chi connectivity index (χ0n) is 12.0. The second kappa shape index (κ2) is 8.72. The Hall–Kier alpha value is -1.39. The van der Waals surface area contributed by atoms with Crippen molar-refractivity contribution in [1.82, 2.24) is 14.5 Å². The molecule has 0 amide bonds. The predicted molar refractivity (Wildman–Crippen MR) is 85.0 cm³/mol. The molecule has 110 valence electrons. The average Bonchev–Trinajstić information content (AvgIpc) is 2.87. The lowest BCUT2D eigenvalue weighted by atomic mass is 10.2. The van der Waals surface area contributed by atoms with Gasteiger partial charge in [-0.3, -0.25) is 0 Å². The molecule has 0 unspecified atom stereocenters. The smallest absolute Gasteiger partial charge is 0.158 e. The molecule has 2 heterocycles. The van der Waals surface area contributed by atoms with Gasteiger partial charge >= 0.3 is 0 Å². The maximum atomic E-state index is 5.50. The third-order valence-electron chi connectivity index (χ3n) is 3.19. The number of aryl methyl sites for hydroxylation is 2. The van der Waals surface area contributed by atoms with Gasteiger partial charge in [-0.15, -0.1) is 12.4 Å². The van der Waals surface area contributed by atoms with Crippen LogP contribution in [-0.4, -0.2) is 21.1 Å². The Kier molecular flexibility index (Phi) is 7.26. The fourth-order valence-corrected chi connectivity index (χ4v) is 2.17. The van der Waals surface area contributed by atoms with Crippen LogP contribution in [0.2, 0.25) is 0 Å². The molecule has 0 aliphatic rings. The van der Waals surface area contributed by atoms with Crippen LogP contribution in [0.4, 0.5) is 0 Å². The number of nitrogens with two attached hydrogens (primary N) is 1. The summed E-state index contributed by atoms with van der Waals surface area (Å²) in [7, 11) is 0. The Bertz CT molecular complexity index is 510. The van der Waals surface area contributed by atoms with E-state index in [4.69, 9.17) is 5.73 Å². The van der Waals surface area contributed by atoms with E-state index in [-0.39, 0.29) is 12.4 Å². The monoisotopic (exact) mass is 294 g/mol. The Labute approximate surface area is 126 Å². The standard InChI is InChI=1S/C15H22N4.ClH/c1-13-7-6-8-14(18-13)15-17-10-12-19(15)11-5-3-2-4-9-16;/h6-8,10,12H,2-5,9,11,16H2,1H3;1H. The summed E-state index contributed by atoms with van der Waals surface area (Å²) in [6.07, 6.45) is 8.59. The lowest BCUT2D eigenvalue weighted by Crippen LogP contribution is -2.02. The number of halogens is 1. The van der Waals surface area contributed by atoms with Gasteiger partial charge in [0.15, 0.2) is 5.82 Å². The van der Waals surface area contributed by atoms with Crippen LogP contribution in [0.25, 0.3) is 11.5 Å². The molecule has 0 bridgehead atoms. The van der Waals surface area contributed by atoms with Crippen molar-refractivity contribution in [3.63, 3.8) is 0 Å². The molecular formula is C15H23ClN4. The molecule has 20 heavy (non-hydrogen) atoms. The zero-order chi connectivity index (χ0) is 13.5. The van der Waals surface area contributed by atoms with Crippen molar-refractivity contribution in [3.8, 4) is 11.5 Å². The van der Waals surface area contributed by atoms with Crippen LogP contribution < -0.4 is 5.73 Å². The van der Waals surface area contributed by atoms with Crippen molar-refractivity contribution in [1.29, 1.82) is 0 Å². The summed E-state index contributed by atoms with van der Waals surface area (Å²) in [5.41, 5.74) is 7.47. The number of unbranched alkanes of at least 4 members (excludes halogenated alkanes) is 3. The van der Waals surface area contributed by atoms with E-state index in [1.165, 1.54) is 12.8 Å². The molecule has 0 aromatic carbocycles. The van der Waals surface area contributed by atoms with Gasteiger partial charge in [-0.05, 0) is 38.4 Å². The van der Waals surface area contributed by atoms with Crippen molar-refractivity contribution in [3.05, 3.63) is 36.3 Å². The van der Waals surface area contributed by atoms with Gasteiger partial charge in [-0.25, -0.2) is 9.97 Å². The number of pyridine rings is 1. The van der Waals surface area contributed by atoms with Crippen LogP contribution in [-0.2, 0) is 6.54 Å². The Morgan fingerprint density at radius 1 is 1.15 bits per heavy atom. The first kappa shape index (κ1) is 16.7. The van der Waals surface area contributed by atoms with Crippen LogP contribution in [0.15, 0.2) is 30.6 Å². The van der Waals surface area contributed by atoms with Crippen molar-refractivity contribution in [2.75, 3.05) is 6.54 Å². The van der Waals surface area contributed by atoms with Crippen molar-refractivity contribution >= 4 is 12.4 Å². The minimum absolute atomic E-state index is 0. The van der Waals surface area contributed by atoms with E-state index in [1.54, 1.807) is 0 Å². The number of rotatable bonds is 7. The Morgan fingerprint density at radius 2 is 1.95 bits per heavy atom. The first-order valence-electron chi connectivity index (χ1n) is 6.96. The van der Waals surface area contributed by atoms with Crippen LogP contribution in [0, 0.1) is 6.92 Å². The molecule has 0 saturated heterocycles. The minimum Gasteiger partial charge on any atom is -0.330 e. The second-order valence-corrected chi connectivity index (χ2v) is 4.81. The highest BCUT2D eigenvalue weighted by Gasteiger charge is 2.06. The summed E-state index contributed by atoms with van der Waals surface area (Å²) in [5.74, 6) is 0.961. The second-order valence-electron chi connectivity index (χ2n) is 4.81. The SMILES string of the molecule is Cc1cccc(-c2nccn2CCCCCCN)n1.Cl. The van der Waals surface area contributed by atoms with Crippen LogP contribution in [0.1, 0.15) is 31.4 Å². The summed E-state index contributed by atoms with van der Waals surface area (Å²) < 4.78 is 2.18. The quantitative estimate of drug-likeness (QED) is 0.798. The van der Waals surface area contributed by atoms with E-state index in [9.17, 15) is 0 Å². The third kappa shape index (κ3) is 4.62. The van der Waals surface area contributed by atoms with Gasteiger partial charge < -0.3 is 10.3 Å². The summed E-state index contributed by atoms with van der Waals surface area (Å²) in [6, 6.07) is 6.04. The first-order valence-corrected chi connectivity index (χ1v) is 6.96. The molecule has 2 rings (SSSR count). The highest BCUT2D eigenvalue weighted by molar-refractivity contribution is 5.85. The van der Waals surface area contributed by atoms with Gasteiger partial charge in [-0.2, -0.15) is 0 Å². The minimum atomic E-state index is 0. The number of aromatic nitrogens is 3. The fraction of sp³-hybridized carbons (Fsp3) is 0.467. The largest absolute Gasteiger partial charge is 0.330 e. The average molecular weight is 295 g/mol. The molecule has 0 spiro atoms. The first-order chi connectivity index (χ1) is 9.31. The molecule has 2 N–H and O–H groups in total. The van der Waals surface area contributed by atoms with E-state index in [0.717, 1.165) is 43.1 Å². The molecule has 5 heteroatoms. The molecule has 0 atom stereocenters. The van der Waals surface area contributed by atoms with E-state index < -0.39 is 0 Å². The number of hydrogen-bond donors (Lipinski definition) is 1. The topological polar surface area (TPSA) is 56.7 Å². The fourth-order valence-electron chi connectivity index (χ4n) is 2.17. The molecule has 0 aliphatic carbocycles. The van der Waals surface area contributed by atoms with Gasteiger partial charge in [0.05, 0.1) is 0 Å². The van der Waals surface area contributed by atoms with Gasteiger partial charge in [0.2, 0.25) is 0 Å². The normalized spacial score (nSPS) is 10.3. The number of hydrogen-bond acceptors (Lipinski definition) is 3. The van der Waals surface area contributed by atoms with Gasteiger partial charge in [0, 0.05) is 24.6 Å². The van der Waals surface area contributed by atoms with Crippen molar-refractivity contribution in [2.45, 2.75) is 39.2 Å². The van der Waals surface area contributed by atoms with E-state index >= 15 is 0 Å². The highest BCUT2D eigenvalue weighted by Crippen LogP contribution is 2.16. The summed E-state index contributed by atoms with van der Waals surface area (Å²) in [5, 5.41) is 0. The maximum absolute atomic E-state index is 5.50. The lowest BCUT2D eigenvalue weighted by molar-refractivity contribution is 0.577. The third-order valence-corrected chi connectivity index (χ3v) is 3.19. The van der Waals surface area contributed by atoms with E-state index in [0.29, 0.717) is 0 Å². The summed E-state index contributed by atoms with van der Waals surface area (Å²) in [6.45, 7) is 3.79. The summed E-state index contributed by atoms with van der Waals surface area (Å²) in [4.78, 5) is 8.96.